The van der Waals surface area contributed by atoms with Gasteiger partial charge >= 0.3 is 0 Å². The summed E-state index contributed by atoms with van der Waals surface area (Å²) in [7, 11) is 0. The quantitative estimate of drug-likeness (QED) is 0.772. The molecule has 4 atom stereocenters. The maximum absolute atomic E-state index is 10.1. The highest BCUT2D eigenvalue weighted by molar-refractivity contribution is 8.00. The predicted octanol–water partition coefficient (Wildman–Crippen LogP) is 0.500. The fraction of sp³-hybridized carbons (Fsp3) is 0.438. The van der Waals surface area contributed by atoms with Crippen LogP contribution in [0.5, 0.6) is 0 Å². The predicted molar refractivity (Wildman–Crippen MR) is 86.2 cm³/mol. The molecule has 7 heteroatoms. The lowest BCUT2D eigenvalue weighted by atomic mass is 9.85. The minimum atomic E-state index is -1.13. The van der Waals surface area contributed by atoms with E-state index in [9.17, 15) is 10.5 Å². The van der Waals surface area contributed by atoms with Crippen molar-refractivity contribution < 1.29 is 9.73 Å². The molecule has 2 aliphatic heterocycles. The first-order chi connectivity index (χ1) is 11.0. The zero-order chi connectivity index (χ0) is 16.5. The number of rotatable bonds is 1. The van der Waals surface area contributed by atoms with E-state index in [-0.39, 0.29) is 0 Å². The van der Waals surface area contributed by atoms with Gasteiger partial charge < -0.3 is 4.74 Å². The minimum Gasteiger partial charge on any atom is -0.327 e. The van der Waals surface area contributed by atoms with Gasteiger partial charge in [-0.25, -0.2) is 4.99 Å². The van der Waals surface area contributed by atoms with Crippen LogP contribution in [0.2, 0.25) is 5.02 Å². The Morgan fingerprint density at radius 3 is 2.52 bits per heavy atom. The normalized spacial score (nSPS) is 43.6. The number of hydrogen-bond acceptors (Lipinski definition) is 5. The highest BCUT2D eigenvalue weighted by Crippen LogP contribution is 2.83. The lowest BCUT2D eigenvalue weighted by molar-refractivity contribution is -0.584. The van der Waals surface area contributed by atoms with Crippen LogP contribution in [0, 0.1) is 33.5 Å². The first kappa shape index (κ1) is 14.8. The highest BCUT2D eigenvalue weighted by Gasteiger charge is 3.02. The zero-order valence-electron chi connectivity index (χ0n) is 12.4. The Labute approximate surface area is 143 Å². The van der Waals surface area contributed by atoms with Crippen LogP contribution < -0.4 is 10.7 Å². The first-order valence-corrected chi connectivity index (χ1v) is 8.60. The Morgan fingerprint density at radius 1 is 1.30 bits per heavy atom. The number of thioether (sulfide) groups is 1. The van der Waals surface area contributed by atoms with Crippen molar-refractivity contribution in [3.8, 4) is 12.1 Å². The molecular formula is C16H14ClN4OS+. The number of nitrogens with zero attached hydrogens (tertiary/aromatic N) is 2. The molecule has 3 N–H and O–H groups in total. The number of fused-ring (bicyclic) bond motifs is 2. The van der Waals surface area contributed by atoms with Crippen LogP contribution in [0.15, 0.2) is 24.3 Å². The first-order valence-electron chi connectivity index (χ1n) is 7.23. The van der Waals surface area contributed by atoms with Crippen molar-refractivity contribution in [3.05, 3.63) is 34.9 Å². The number of halogens is 1. The van der Waals surface area contributed by atoms with E-state index in [0.29, 0.717) is 17.5 Å². The van der Waals surface area contributed by atoms with Gasteiger partial charge in [-0.1, -0.05) is 42.4 Å². The maximum Gasteiger partial charge on any atom is 0.278 e. The number of ether oxygens (including phenoxy) is 1. The molecular weight excluding hydrogens is 332 g/mol. The molecule has 1 aromatic carbocycles. The second kappa shape index (κ2) is 4.21. The number of nitriles is 2. The third-order valence-electron chi connectivity index (χ3n) is 5.65. The number of benzene rings is 1. The van der Waals surface area contributed by atoms with Gasteiger partial charge in [-0.2, -0.15) is 10.5 Å². The van der Waals surface area contributed by atoms with Crippen molar-refractivity contribution in [1.82, 2.24) is 0 Å². The van der Waals surface area contributed by atoms with Gasteiger partial charge in [0, 0.05) is 10.8 Å². The summed E-state index contributed by atoms with van der Waals surface area (Å²) in [5.74, 6) is 1.07. The summed E-state index contributed by atoms with van der Waals surface area (Å²) in [4.78, 5) is 3.11. The van der Waals surface area contributed by atoms with Crippen LogP contribution in [0.25, 0.3) is 0 Å². The molecule has 1 aliphatic carbocycles. The summed E-state index contributed by atoms with van der Waals surface area (Å²) in [5, 5.41) is 19.8. The molecule has 1 aromatic rings. The summed E-state index contributed by atoms with van der Waals surface area (Å²) in [6.45, 7) is 2.44. The molecule has 2 fully saturated rings. The van der Waals surface area contributed by atoms with Gasteiger partial charge in [0.25, 0.3) is 10.9 Å². The molecule has 1 saturated carbocycles. The average molecular weight is 346 g/mol. The Bertz CT molecular complexity index is 820. The van der Waals surface area contributed by atoms with Crippen molar-refractivity contribution >= 4 is 29.2 Å². The average Bonchev–Trinajstić information content (AvgIpc) is 2.83. The van der Waals surface area contributed by atoms with Crippen molar-refractivity contribution in [2.75, 3.05) is 12.4 Å². The topological polar surface area (TPSA) is 96.8 Å². The lowest BCUT2D eigenvalue weighted by Crippen LogP contribution is -2.88. The van der Waals surface area contributed by atoms with E-state index in [1.54, 1.807) is 12.1 Å². The molecule has 0 unspecified atom stereocenters. The number of nitrogens with two attached hydrogens (primary N) is 1. The molecule has 5 nitrogen and oxygen atoms in total. The highest BCUT2D eigenvalue weighted by atomic mass is 35.5. The Hall–Kier alpha value is -1.73. The standard InChI is InChI=1S/C16H13ClN4OS/c1-13(10-2-4-11(17)5-3-10)14(8-18)12(20)21-16(15(13,14)9-19)22-6-7-23-16/h2-5H,6-7H2,1H3,(H2,20,21)/p+1/t13-,14+,15-,16-/m1/s1. The molecule has 4 rings (SSSR count). The van der Waals surface area contributed by atoms with Crippen LogP contribution in [0.3, 0.4) is 0 Å². The zero-order valence-corrected chi connectivity index (χ0v) is 14.0. The van der Waals surface area contributed by atoms with Crippen molar-refractivity contribution in [2.45, 2.75) is 17.4 Å². The molecule has 0 aromatic heterocycles. The lowest BCUT2D eigenvalue weighted by Gasteiger charge is -2.27. The van der Waals surface area contributed by atoms with Gasteiger partial charge in [0.1, 0.15) is 0 Å². The van der Waals surface area contributed by atoms with Gasteiger partial charge in [-0.3, -0.25) is 5.73 Å². The molecule has 23 heavy (non-hydrogen) atoms. The molecule has 0 bridgehead atoms. The van der Waals surface area contributed by atoms with E-state index in [1.165, 1.54) is 11.8 Å². The summed E-state index contributed by atoms with van der Waals surface area (Å²) in [6.07, 6.45) is 0. The summed E-state index contributed by atoms with van der Waals surface area (Å²) in [6, 6.07) is 12.0. The monoisotopic (exact) mass is 345 g/mol. The van der Waals surface area contributed by atoms with E-state index >= 15 is 0 Å². The van der Waals surface area contributed by atoms with Gasteiger partial charge in [-0.05, 0) is 17.7 Å². The number of nitrogens with one attached hydrogen (secondary N) is 1. The van der Waals surface area contributed by atoms with Crippen LogP contribution in [-0.4, -0.2) is 23.3 Å². The molecule has 1 spiro atoms. The second-order valence-corrected chi connectivity index (χ2v) is 7.92. The Kier molecular flexibility index (Phi) is 2.72. The summed E-state index contributed by atoms with van der Waals surface area (Å²) >= 11 is 7.50. The molecule has 0 amide bonds. The van der Waals surface area contributed by atoms with Gasteiger partial charge in [-0.15, -0.1) is 0 Å². The molecule has 116 valence electrons. The van der Waals surface area contributed by atoms with E-state index in [2.05, 4.69) is 17.1 Å². The van der Waals surface area contributed by atoms with E-state index in [4.69, 9.17) is 22.1 Å². The minimum absolute atomic E-state index is 0.313. The van der Waals surface area contributed by atoms with Crippen LogP contribution in [0.4, 0.5) is 0 Å². The van der Waals surface area contributed by atoms with Crippen molar-refractivity contribution in [3.63, 3.8) is 0 Å². The molecule has 1 saturated heterocycles. The Morgan fingerprint density at radius 2 is 2.00 bits per heavy atom. The van der Waals surface area contributed by atoms with E-state index < -0.39 is 21.3 Å². The van der Waals surface area contributed by atoms with Crippen LogP contribution in [-0.2, 0) is 10.2 Å². The van der Waals surface area contributed by atoms with Crippen LogP contribution in [0.1, 0.15) is 12.5 Å². The maximum atomic E-state index is 10.1. The summed E-state index contributed by atoms with van der Waals surface area (Å²) in [5.41, 5.74) is 4.13. The molecule has 3 aliphatic rings. The third-order valence-corrected chi connectivity index (χ3v) is 7.20. The van der Waals surface area contributed by atoms with E-state index in [0.717, 1.165) is 11.3 Å². The summed E-state index contributed by atoms with van der Waals surface area (Å²) < 4.78 is 5.94. The van der Waals surface area contributed by atoms with Gasteiger partial charge in [0.15, 0.2) is 10.8 Å². The van der Waals surface area contributed by atoms with E-state index in [1.807, 2.05) is 19.1 Å². The van der Waals surface area contributed by atoms with Gasteiger partial charge in [0.2, 0.25) is 0 Å². The fourth-order valence-electron chi connectivity index (χ4n) is 4.57. The van der Waals surface area contributed by atoms with Crippen molar-refractivity contribution in [2.24, 2.45) is 16.6 Å². The molecule has 0 radical (unpaired) electrons. The van der Waals surface area contributed by atoms with Gasteiger partial charge in [0.05, 0.1) is 24.2 Å². The largest absolute Gasteiger partial charge is 0.327 e. The Balaban J connectivity index is 2.00. The third kappa shape index (κ3) is 1.23. The number of amidine groups is 1. The SMILES string of the molecule is C[C@@]1(c2ccc(Cl)cc2)[C@]2(C#N)C(N)=[NH+][C@@]3(OCCS3)[C@@]21C#N. The molecule has 2 heterocycles. The van der Waals surface area contributed by atoms with Crippen molar-refractivity contribution in [1.29, 1.82) is 10.5 Å². The second-order valence-electron chi connectivity index (χ2n) is 6.21. The van der Waals surface area contributed by atoms with Crippen LogP contribution >= 0.6 is 23.4 Å². The smallest absolute Gasteiger partial charge is 0.278 e. The fourth-order valence-corrected chi connectivity index (χ4v) is 6.12. The number of hydrogen-bond donors (Lipinski definition) is 2.